The molecular formula is C10H17N3O. The van der Waals surface area contributed by atoms with Crippen molar-refractivity contribution >= 4 is 0 Å². The number of aromatic amines is 1. The highest BCUT2D eigenvalue weighted by Gasteiger charge is 2.30. The average molecular weight is 195 g/mol. The van der Waals surface area contributed by atoms with E-state index in [1.54, 1.807) is 6.20 Å². The maximum atomic E-state index is 5.55. The summed E-state index contributed by atoms with van der Waals surface area (Å²) in [5.74, 6) is 1.56. The molecule has 2 N–H and O–H groups in total. The quantitative estimate of drug-likeness (QED) is 0.754. The Balaban J connectivity index is 1.81. The third-order valence-corrected chi connectivity index (χ3v) is 3.00. The Morgan fingerprint density at radius 2 is 2.50 bits per heavy atom. The summed E-state index contributed by atoms with van der Waals surface area (Å²) in [7, 11) is 0. The minimum Gasteiger partial charge on any atom is -0.377 e. The van der Waals surface area contributed by atoms with Crippen LogP contribution in [-0.4, -0.2) is 28.7 Å². The van der Waals surface area contributed by atoms with Gasteiger partial charge in [-0.05, 0) is 12.8 Å². The fourth-order valence-electron chi connectivity index (χ4n) is 1.75. The molecule has 78 valence electrons. The zero-order valence-electron chi connectivity index (χ0n) is 8.66. The Bertz CT molecular complexity index is 273. The molecule has 1 saturated heterocycles. The van der Waals surface area contributed by atoms with Gasteiger partial charge in [0.25, 0.3) is 0 Å². The van der Waals surface area contributed by atoms with Gasteiger partial charge in [-0.25, -0.2) is 4.98 Å². The third kappa shape index (κ3) is 1.96. The smallest absolute Gasteiger partial charge is 0.120 e. The summed E-state index contributed by atoms with van der Waals surface area (Å²) >= 11 is 0. The van der Waals surface area contributed by atoms with Crippen LogP contribution in [0.15, 0.2) is 12.4 Å². The second-order valence-corrected chi connectivity index (χ2v) is 3.92. The fourth-order valence-corrected chi connectivity index (χ4v) is 1.75. The maximum absolute atomic E-state index is 5.55. The molecule has 0 spiro atoms. The van der Waals surface area contributed by atoms with Crippen molar-refractivity contribution in [1.82, 2.24) is 15.3 Å². The monoisotopic (exact) mass is 195 g/mol. The number of hydrogen-bond acceptors (Lipinski definition) is 3. The van der Waals surface area contributed by atoms with Gasteiger partial charge in [-0.15, -0.1) is 0 Å². The summed E-state index contributed by atoms with van der Waals surface area (Å²) in [5.41, 5.74) is 0. The zero-order chi connectivity index (χ0) is 9.97. The molecule has 0 bridgehead atoms. The number of imidazole rings is 1. The van der Waals surface area contributed by atoms with Gasteiger partial charge >= 0.3 is 0 Å². The standard InChI is InChI=1S/C10H17N3O/c1-7-8(2)14-6-9(7)13-5-10-11-3-4-12-10/h3-4,7-9,13H,5-6H2,1-2H3,(H,11,12). The van der Waals surface area contributed by atoms with E-state index in [1.165, 1.54) is 0 Å². The van der Waals surface area contributed by atoms with Crippen molar-refractivity contribution in [3.8, 4) is 0 Å². The molecule has 3 atom stereocenters. The molecule has 0 amide bonds. The molecule has 1 fully saturated rings. The molecule has 1 aliphatic rings. The van der Waals surface area contributed by atoms with Crippen LogP contribution in [0.3, 0.4) is 0 Å². The average Bonchev–Trinajstić information content (AvgIpc) is 2.77. The van der Waals surface area contributed by atoms with E-state index in [0.29, 0.717) is 18.1 Å². The molecule has 0 aromatic carbocycles. The summed E-state index contributed by atoms with van der Waals surface area (Å²) in [6, 6.07) is 0.454. The topological polar surface area (TPSA) is 49.9 Å². The number of aromatic nitrogens is 2. The predicted molar refractivity (Wildman–Crippen MR) is 53.8 cm³/mol. The highest BCUT2D eigenvalue weighted by atomic mass is 16.5. The Kier molecular flexibility index (Phi) is 2.84. The van der Waals surface area contributed by atoms with E-state index in [2.05, 4.69) is 29.1 Å². The first kappa shape index (κ1) is 9.68. The molecule has 4 heteroatoms. The molecule has 1 aromatic rings. The summed E-state index contributed by atoms with van der Waals surface area (Å²) in [6.45, 7) is 5.94. The number of ether oxygens (including phenoxy) is 1. The predicted octanol–water partition coefficient (Wildman–Crippen LogP) is 0.923. The number of H-pyrrole nitrogens is 1. The molecule has 0 saturated carbocycles. The van der Waals surface area contributed by atoms with E-state index in [4.69, 9.17) is 4.74 Å². The first-order valence-electron chi connectivity index (χ1n) is 5.10. The van der Waals surface area contributed by atoms with Gasteiger partial charge in [-0.3, -0.25) is 0 Å². The van der Waals surface area contributed by atoms with Gasteiger partial charge in [-0.1, -0.05) is 6.92 Å². The largest absolute Gasteiger partial charge is 0.377 e. The van der Waals surface area contributed by atoms with E-state index in [-0.39, 0.29) is 0 Å². The van der Waals surface area contributed by atoms with Crippen molar-refractivity contribution in [3.63, 3.8) is 0 Å². The fraction of sp³-hybridized carbons (Fsp3) is 0.700. The summed E-state index contributed by atoms with van der Waals surface area (Å²) in [6.07, 6.45) is 3.98. The highest BCUT2D eigenvalue weighted by Crippen LogP contribution is 2.20. The van der Waals surface area contributed by atoms with E-state index in [0.717, 1.165) is 19.0 Å². The lowest BCUT2D eigenvalue weighted by atomic mass is 10.0. The van der Waals surface area contributed by atoms with Crippen molar-refractivity contribution in [3.05, 3.63) is 18.2 Å². The lowest BCUT2D eigenvalue weighted by Crippen LogP contribution is -2.35. The SMILES string of the molecule is CC1OCC(NCc2ncc[nH]2)C1C. The van der Waals surface area contributed by atoms with Crippen molar-refractivity contribution < 1.29 is 4.74 Å². The summed E-state index contributed by atoms with van der Waals surface area (Å²) in [4.78, 5) is 7.24. The Labute approximate surface area is 84.1 Å². The van der Waals surface area contributed by atoms with Crippen LogP contribution in [0, 0.1) is 5.92 Å². The third-order valence-electron chi connectivity index (χ3n) is 3.00. The summed E-state index contributed by atoms with van der Waals surface area (Å²) < 4.78 is 5.55. The van der Waals surface area contributed by atoms with Gasteiger partial charge in [0.05, 0.1) is 19.3 Å². The van der Waals surface area contributed by atoms with Crippen LogP contribution in [0.5, 0.6) is 0 Å². The lowest BCUT2D eigenvalue weighted by Gasteiger charge is -2.16. The molecule has 1 aliphatic heterocycles. The molecule has 14 heavy (non-hydrogen) atoms. The Hall–Kier alpha value is -0.870. The second-order valence-electron chi connectivity index (χ2n) is 3.92. The van der Waals surface area contributed by atoms with Crippen LogP contribution >= 0.6 is 0 Å². The van der Waals surface area contributed by atoms with Crippen LogP contribution in [0.4, 0.5) is 0 Å². The lowest BCUT2D eigenvalue weighted by molar-refractivity contribution is 0.108. The van der Waals surface area contributed by atoms with Gasteiger partial charge < -0.3 is 15.0 Å². The minimum atomic E-state index is 0.365. The first-order valence-corrected chi connectivity index (χ1v) is 5.10. The van der Waals surface area contributed by atoms with E-state index >= 15 is 0 Å². The molecule has 3 unspecified atom stereocenters. The van der Waals surface area contributed by atoms with Crippen LogP contribution in [0.25, 0.3) is 0 Å². The first-order chi connectivity index (χ1) is 6.77. The number of hydrogen-bond donors (Lipinski definition) is 2. The summed E-state index contributed by atoms with van der Waals surface area (Å²) in [5, 5.41) is 3.45. The van der Waals surface area contributed by atoms with Gasteiger partial charge in [-0.2, -0.15) is 0 Å². The second kappa shape index (κ2) is 4.11. The van der Waals surface area contributed by atoms with E-state index in [1.807, 2.05) is 6.20 Å². The minimum absolute atomic E-state index is 0.365. The van der Waals surface area contributed by atoms with Crippen LogP contribution in [0.1, 0.15) is 19.7 Å². The van der Waals surface area contributed by atoms with Crippen molar-refractivity contribution in [1.29, 1.82) is 0 Å². The molecular weight excluding hydrogens is 178 g/mol. The van der Waals surface area contributed by atoms with Gasteiger partial charge in [0, 0.05) is 18.4 Å². The Morgan fingerprint density at radius 1 is 1.64 bits per heavy atom. The molecule has 2 rings (SSSR count). The molecule has 1 aromatic heterocycles. The van der Waals surface area contributed by atoms with Crippen molar-refractivity contribution in [2.75, 3.05) is 6.61 Å². The van der Waals surface area contributed by atoms with Gasteiger partial charge in [0.15, 0.2) is 0 Å². The normalized spacial score (nSPS) is 32.3. The van der Waals surface area contributed by atoms with Crippen LogP contribution < -0.4 is 5.32 Å². The number of nitrogens with one attached hydrogen (secondary N) is 2. The van der Waals surface area contributed by atoms with E-state index in [9.17, 15) is 0 Å². The molecule has 2 heterocycles. The Morgan fingerprint density at radius 3 is 3.07 bits per heavy atom. The number of nitrogens with zero attached hydrogens (tertiary/aromatic N) is 1. The maximum Gasteiger partial charge on any atom is 0.120 e. The zero-order valence-corrected chi connectivity index (χ0v) is 8.66. The van der Waals surface area contributed by atoms with Crippen LogP contribution in [-0.2, 0) is 11.3 Å². The highest BCUT2D eigenvalue weighted by molar-refractivity contribution is 4.89. The van der Waals surface area contributed by atoms with Gasteiger partial charge in [0.2, 0.25) is 0 Å². The van der Waals surface area contributed by atoms with Crippen molar-refractivity contribution in [2.45, 2.75) is 32.5 Å². The molecule has 4 nitrogen and oxygen atoms in total. The molecule has 0 radical (unpaired) electrons. The van der Waals surface area contributed by atoms with Crippen molar-refractivity contribution in [2.24, 2.45) is 5.92 Å². The van der Waals surface area contributed by atoms with E-state index < -0.39 is 0 Å². The van der Waals surface area contributed by atoms with Gasteiger partial charge in [0.1, 0.15) is 5.82 Å². The number of rotatable bonds is 3. The van der Waals surface area contributed by atoms with Crippen LogP contribution in [0.2, 0.25) is 0 Å². The molecule has 0 aliphatic carbocycles.